The molecule has 0 saturated heterocycles. The maximum Gasteiger partial charge on any atom is 0.260 e. The van der Waals surface area contributed by atoms with Gasteiger partial charge in [-0.05, 0) is 18.4 Å². The van der Waals surface area contributed by atoms with Crippen LogP contribution in [-0.4, -0.2) is 37.0 Å². The van der Waals surface area contributed by atoms with E-state index in [2.05, 4.69) is 25.6 Å². The molecule has 9 heteroatoms. The fraction of sp³-hybridized carbons (Fsp3) is 0.100. The summed E-state index contributed by atoms with van der Waals surface area (Å²) < 4.78 is 1.51. The molecule has 3 heterocycles. The number of fused-ring (bicyclic) bond motifs is 1. The van der Waals surface area contributed by atoms with E-state index in [9.17, 15) is 4.79 Å². The van der Waals surface area contributed by atoms with Gasteiger partial charge in [-0.15, -0.1) is 27.1 Å². The fourth-order valence-electron chi connectivity index (χ4n) is 1.50. The number of carbonyl (C=O) groups is 1. The molecule has 1 N–H and O–H groups in total. The lowest BCUT2D eigenvalue weighted by Crippen LogP contribution is -2.13. The first-order chi connectivity index (χ1) is 9.28. The average molecular weight is 292 g/mol. The second-order valence-corrected chi connectivity index (χ2v) is 5.23. The molecule has 0 aromatic carbocycles. The van der Waals surface area contributed by atoms with Crippen molar-refractivity contribution in [2.75, 3.05) is 11.6 Å². The summed E-state index contributed by atoms with van der Waals surface area (Å²) in [4.78, 5) is 16.9. The normalized spacial score (nSPS) is 10.8. The number of pyridine rings is 1. The maximum absolute atomic E-state index is 12.1. The number of amides is 1. The Morgan fingerprint density at radius 2 is 2.42 bits per heavy atom. The zero-order valence-electron chi connectivity index (χ0n) is 9.77. The van der Waals surface area contributed by atoms with Crippen molar-refractivity contribution in [2.45, 2.75) is 5.03 Å². The molecule has 0 saturated carbocycles. The zero-order valence-corrected chi connectivity index (χ0v) is 11.4. The van der Waals surface area contributed by atoms with E-state index in [1.54, 1.807) is 18.3 Å². The number of hydrogen-bond acceptors (Lipinski definition) is 7. The van der Waals surface area contributed by atoms with Gasteiger partial charge in [-0.2, -0.15) is 4.52 Å². The van der Waals surface area contributed by atoms with Crippen molar-refractivity contribution < 1.29 is 4.79 Å². The summed E-state index contributed by atoms with van der Waals surface area (Å²) in [6.45, 7) is 0. The van der Waals surface area contributed by atoms with E-state index >= 15 is 0 Å². The van der Waals surface area contributed by atoms with Gasteiger partial charge in [0.1, 0.15) is 11.4 Å². The first kappa shape index (κ1) is 12.1. The smallest absolute Gasteiger partial charge is 0.260 e. The maximum atomic E-state index is 12.1. The third-order valence-corrected chi connectivity index (χ3v) is 3.86. The lowest BCUT2D eigenvalue weighted by Gasteiger charge is -2.04. The van der Waals surface area contributed by atoms with Gasteiger partial charge in [-0.1, -0.05) is 11.3 Å². The third-order valence-electron chi connectivity index (χ3n) is 2.32. The van der Waals surface area contributed by atoms with Crippen LogP contribution in [0, 0.1) is 0 Å². The minimum absolute atomic E-state index is 0.234. The molecular formula is C10H8N6OS2. The van der Waals surface area contributed by atoms with Crippen molar-refractivity contribution in [3.05, 3.63) is 30.2 Å². The largest absolute Gasteiger partial charge is 0.296 e. The molecule has 0 spiro atoms. The predicted molar refractivity (Wildman–Crippen MR) is 72.6 cm³/mol. The SMILES string of the molecule is CSc1ncccc1C(=O)Nc1nn2cnnc2s1. The summed E-state index contributed by atoms with van der Waals surface area (Å²) in [7, 11) is 0. The quantitative estimate of drug-likeness (QED) is 0.737. The highest BCUT2D eigenvalue weighted by Crippen LogP contribution is 2.21. The Kier molecular flexibility index (Phi) is 3.13. The van der Waals surface area contributed by atoms with Gasteiger partial charge in [0, 0.05) is 6.20 Å². The van der Waals surface area contributed by atoms with Crippen LogP contribution in [0.4, 0.5) is 5.13 Å². The van der Waals surface area contributed by atoms with E-state index in [0.717, 1.165) is 0 Å². The van der Waals surface area contributed by atoms with Gasteiger partial charge in [0.15, 0.2) is 0 Å². The summed E-state index contributed by atoms with van der Waals surface area (Å²) in [6.07, 6.45) is 5.02. The van der Waals surface area contributed by atoms with Crippen molar-refractivity contribution in [3.8, 4) is 0 Å². The number of anilines is 1. The molecule has 0 aliphatic heterocycles. The van der Waals surface area contributed by atoms with Gasteiger partial charge in [0.2, 0.25) is 10.1 Å². The van der Waals surface area contributed by atoms with Crippen LogP contribution in [0.5, 0.6) is 0 Å². The van der Waals surface area contributed by atoms with Gasteiger partial charge in [-0.25, -0.2) is 4.98 Å². The lowest BCUT2D eigenvalue weighted by atomic mass is 10.3. The second-order valence-electron chi connectivity index (χ2n) is 3.48. The number of carbonyl (C=O) groups excluding carboxylic acids is 1. The molecule has 19 heavy (non-hydrogen) atoms. The molecular weight excluding hydrogens is 284 g/mol. The van der Waals surface area contributed by atoms with Crippen LogP contribution in [0.3, 0.4) is 0 Å². The standard InChI is InChI=1S/C10H8N6OS2/c1-18-8-6(3-2-4-11-8)7(17)13-9-15-16-5-12-14-10(16)19-9/h2-5H,1H3,(H,13,15,17). The molecule has 7 nitrogen and oxygen atoms in total. The summed E-state index contributed by atoms with van der Waals surface area (Å²) in [6, 6.07) is 3.46. The highest BCUT2D eigenvalue weighted by Gasteiger charge is 2.14. The minimum Gasteiger partial charge on any atom is -0.296 e. The summed E-state index contributed by atoms with van der Waals surface area (Å²) in [5, 5.41) is 15.6. The Labute approximate surface area is 116 Å². The molecule has 0 atom stereocenters. The molecule has 3 aromatic rings. The molecule has 3 rings (SSSR count). The van der Waals surface area contributed by atoms with Crippen LogP contribution in [0.2, 0.25) is 0 Å². The predicted octanol–water partition coefficient (Wildman–Crippen LogP) is 1.55. The zero-order chi connectivity index (χ0) is 13.2. The van der Waals surface area contributed by atoms with E-state index in [1.165, 1.54) is 33.9 Å². The lowest BCUT2D eigenvalue weighted by molar-refractivity contribution is 0.102. The first-order valence-electron chi connectivity index (χ1n) is 5.25. The van der Waals surface area contributed by atoms with Crippen molar-refractivity contribution in [1.29, 1.82) is 0 Å². The van der Waals surface area contributed by atoms with Crippen molar-refractivity contribution in [2.24, 2.45) is 0 Å². The van der Waals surface area contributed by atoms with Crippen molar-refractivity contribution >= 4 is 39.1 Å². The second kappa shape index (κ2) is 4.94. The molecule has 0 bridgehead atoms. The van der Waals surface area contributed by atoms with E-state index in [4.69, 9.17) is 0 Å². The van der Waals surface area contributed by atoms with Gasteiger partial charge in [0.05, 0.1) is 5.56 Å². The molecule has 0 aliphatic rings. The molecule has 0 radical (unpaired) electrons. The Balaban J connectivity index is 1.86. The molecule has 3 aromatic heterocycles. The number of rotatable bonds is 3. The molecule has 0 aliphatic carbocycles. The Morgan fingerprint density at radius 3 is 3.21 bits per heavy atom. The Hall–Kier alpha value is -2.00. The minimum atomic E-state index is -0.234. The summed E-state index contributed by atoms with van der Waals surface area (Å²) >= 11 is 2.68. The molecule has 0 fully saturated rings. The number of nitrogens with one attached hydrogen (secondary N) is 1. The van der Waals surface area contributed by atoms with E-state index < -0.39 is 0 Å². The summed E-state index contributed by atoms with van der Waals surface area (Å²) in [5.74, 6) is -0.234. The number of aromatic nitrogens is 5. The first-order valence-corrected chi connectivity index (χ1v) is 7.29. The van der Waals surface area contributed by atoms with E-state index in [-0.39, 0.29) is 5.91 Å². The summed E-state index contributed by atoms with van der Waals surface area (Å²) in [5.41, 5.74) is 0.529. The number of nitrogens with zero attached hydrogens (tertiary/aromatic N) is 5. The van der Waals surface area contributed by atoms with Crippen LogP contribution < -0.4 is 5.32 Å². The van der Waals surface area contributed by atoms with Crippen LogP contribution in [-0.2, 0) is 0 Å². The Morgan fingerprint density at radius 1 is 1.53 bits per heavy atom. The van der Waals surface area contributed by atoms with E-state index in [1.807, 2.05) is 6.26 Å². The molecule has 0 unspecified atom stereocenters. The highest BCUT2D eigenvalue weighted by molar-refractivity contribution is 7.98. The van der Waals surface area contributed by atoms with Crippen LogP contribution in [0.1, 0.15) is 10.4 Å². The average Bonchev–Trinajstić information content (AvgIpc) is 2.99. The third kappa shape index (κ3) is 2.29. The van der Waals surface area contributed by atoms with Crippen molar-refractivity contribution in [3.63, 3.8) is 0 Å². The van der Waals surface area contributed by atoms with Gasteiger partial charge in [0.25, 0.3) is 5.91 Å². The highest BCUT2D eigenvalue weighted by atomic mass is 32.2. The monoisotopic (exact) mass is 292 g/mol. The number of thioether (sulfide) groups is 1. The van der Waals surface area contributed by atoms with Gasteiger partial charge >= 0.3 is 0 Å². The fourth-order valence-corrected chi connectivity index (χ4v) is 2.76. The van der Waals surface area contributed by atoms with Gasteiger partial charge < -0.3 is 0 Å². The Bertz CT molecular complexity index is 708. The number of hydrogen-bond donors (Lipinski definition) is 1. The van der Waals surface area contributed by atoms with Crippen LogP contribution in [0.15, 0.2) is 29.7 Å². The van der Waals surface area contributed by atoms with Crippen molar-refractivity contribution in [1.82, 2.24) is 24.8 Å². The van der Waals surface area contributed by atoms with Crippen LogP contribution >= 0.6 is 23.1 Å². The molecule has 96 valence electrons. The molecule has 1 amide bonds. The topological polar surface area (TPSA) is 85.1 Å². The van der Waals surface area contributed by atoms with E-state index in [0.29, 0.717) is 20.7 Å². The van der Waals surface area contributed by atoms with Gasteiger partial charge in [-0.3, -0.25) is 10.1 Å². The van der Waals surface area contributed by atoms with Crippen LogP contribution in [0.25, 0.3) is 4.96 Å².